The normalized spacial score (nSPS) is 12.2. The van der Waals surface area contributed by atoms with Gasteiger partial charge in [0.05, 0.1) is 20.6 Å². The van der Waals surface area contributed by atoms with Crippen LogP contribution in [0, 0.1) is 0 Å². The van der Waals surface area contributed by atoms with Crippen LogP contribution in [0.15, 0.2) is 48.5 Å². The van der Waals surface area contributed by atoms with Gasteiger partial charge >= 0.3 is 0 Å². The molecule has 0 radical (unpaired) electrons. The highest BCUT2D eigenvalue weighted by atomic mass is 16.7. The number of nitrogen functional groups attached to an aromatic ring is 1. The minimum absolute atomic E-state index is 0.266. The Labute approximate surface area is 155 Å². The molecule has 2 rings (SSSR count). The summed E-state index contributed by atoms with van der Waals surface area (Å²) in [5.41, 5.74) is 8.62. The molecule has 5 heteroatoms. The highest BCUT2D eigenvalue weighted by Gasteiger charge is 2.41. The number of benzene rings is 2. The van der Waals surface area contributed by atoms with Gasteiger partial charge in [0.2, 0.25) is 5.78 Å². The molecule has 0 amide bonds. The first-order valence-corrected chi connectivity index (χ1v) is 8.75. The van der Waals surface area contributed by atoms with Gasteiger partial charge < -0.3 is 15.2 Å². The van der Waals surface area contributed by atoms with E-state index >= 15 is 0 Å². The molecule has 5 nitrogen and oxygen atoms in total. The minimum atomic E-state index is -1.49. The van der Waals surface area contributed by atoms with Crippen LogP contribution in [0.25, 0.3) is 0 Å². The van der Waals surface area contributed by atoms with E-state index in [2.05, 4.69) is 21.0 Å². The third-order valence-electron chi connectivity index (χ3n) is 4.78. The summed E-state index contributed by atoms with van der Waals surface area (Å²) in [6.45, 7) is 3.20. The van der Waals surface area contributed by atoms with E-state index in [0.29, 0.717) is 16.8 Å². The fraction of sp³-hybridized carbons (Fsp3) is 0.381. The molecule has 0 heterocycles. The summed E-state index contributed by atoms with van der Waals surface area (Å²) in [6.07, 6.45) is 1.09. The summed E-state index contributed by atoms with van der Waals surface area (Å²) in [7, 11) is 7.28. The van der Waals surface area contributed by atoms with Crippen LogP contribution in [-0.2, 0) is 15.3 Å². The predicted molar refractivity (Wildman–Crippen MR) is 106 cm³/mol. The lowest BCUT2D eigenvalue weighted by Crippen LogP contribution is -2.42. The first-order valence-electron chi connectivity index (χ1n) is 8.75. The third-order valence-corrected chi connectivity index (χ3v) is 4.78. The highest BCUT2D eigenvalue weighted by molar-refractivity contribution is 6.02. The molecule has 0 spiro atoms. The van der Waals surface area contributed by atoms with Crippen molar-refractivity contribution < 1.29 is 14.3 Å². The molecule has 0 aliphatic heterocycles. The van der Waals surface area contributed by atoms with Crippen molar-refractivity contribution in [3.8, 4) is 0 Å². The summed E-state index contributed by atoms with van der Waals surface area (Å²) >= 11 is 0. The molecule has 0 unspecified atom stereocenters. The summed E-state index contributed by atoms with van der Waals surface area (Å²) in [4.78, 5) is 13.1. The van der Waals surface area contributed by atoms with Crippen molar-refractivity contribution in [2.24, 2.45) is 0 Å². The van der Waals surface area contributed by atoms with Crippen LogP contribution < -0.4 is 10.2 Å². The second kappa shape index (κ2) is 7.99. The lowest BCUT2D eigenvalue weighted by atomic mass is 9.95. The smallest absolute Gasteiger partial charge is 0.260 e. The maximum Gasteiger partial charge on any atom is 0.260 e. The zero-order valence-electron chi connectivity index (χ0n) is 16.3. The number of rotatable bonds is 8. The number of carbonyl (C=O) groups is 1. The number of ketones is 1. The Kier molecular flexibility index (Phi) is 6.18. The number of nitrogens with zero attached hydrogens (tertiary/aromatic N) is 1. The second-order valence-corrected chi connectivity index (χ2v) is 6.93. The van der Waals surface area contributed by atoms with Gasteiger partial charge in [-0.15, -0.1) is 0 Å². The number of carbonyl (C=O) groups excluding carboxylic acids is 1. The molecule has 0 atom stereocenters. The van der Waals surface area contributed by atoms with E-state index in [4.69, 9.17) is 15.2 Å². The Morgan fingerprint density at radius 1 is 1.00 bits per heavy atom. The van der Waals surface area contributed by atoms with Crippen molar-refractivity contribution in [1.82, 2.24) is 4.48 Å². The lowest BCUT2D eigenvalue weighted by molar-refractivity contribution is -0.176. The second-order valence-electron chi connectivity index (χ2n) is 6.93. The van der Waals surface area contributed by atoms with Crippen molar-refractivity contribution >= 4 is 17.2 Å². The van der Waals surface area contributed by atoms with Gasteiger partial charge in [0.1, 0.15) is 5.69 Å². The van der Waals surface area contributed by atoms with Gasteiger partial charge in [0.15, 0.2) is 0 Å². The molecule has 2 N–H and O–H groups in total. The Bertz CT molecular complexity index is 733. The van der Waals surface area contributed by atoms with Gasteiger partial charge in [0, 0.05) is 31.0 Å². The van der Waals surface area contributed by atoms with Crippen molar-refractivity contribution in [2.45, 2.75) is 19.1 Å². The van der Waals surface area contributed by atoms with Crippen LogP contribution in [0.4, 0.5) is 11.4 Å². The average molecular weight is 357 g/mol. The van der Waals surface area contributed by atoms with Crippen LogP contribution in [0.3, 0.4) is 0 Å². The lowest BCUT2D eigenvalue weighted by Gasteiger charge is -2.32. The standard InChI is InChI=1S/C21H28N2O3/c1-6-15-23(2,3)19-13-9-17(10-14-19)21(25-4,26-5)20(24)16-7-11-18(22)12-8-16/h7-14H,6,15H2,1-5H3,(H-,22,24)/p+1. The zero-order valence-corrected chi connectivity index (χ0v) is 16.3. The fourth-order valence-corrected chi connectivity index (χ4v) is 3.23. The Morgan fingerprint density at radius 2 is 1.54 bits per heavy atom. The summed E-state index contributed by atoms with van der Waals surface area (Å²) in [5.74, 6) is -1.76. The van der Waals surface area contributed by atoms with E-state index in [1.54, 1.807) is 24.3 Å². The van der Waals surface area contributed by atoms with E-state index in [1.807, 2.05) is 24.3 Å². The monoisotopic (exact) mass is 357 g/mol. The molecule has 0 saturated heterocycles. The molecular weight excluding hydrogens is 328 g/mol. The molecule has 0 saturated carbocycles. The largest absolute Gasteiger partial charge is 0.399 e. The van der Waals surface area contributed by atoms with Crippen molar-refractivity contribution in [3.05, 3.63) is 59.7 Å². The van der Waals surface area contributed by atoms with Crippen LogP contribution in [-0.4, -0.2) is 40.6 Å². The quantitative estimate of drug-likeness (QED) is 0.339. The maximum absolute atomic E-state index is 13.1. The highest BCUT2D eigenvalue weighted by Crippen LogP contribution is 2.32. The third kappa shape index (κ3) is 3.80. The molecule has 0 aliphatic carbocycles. The molecule has 0 aromatic heterocycles. The van der Waals surface area contributed by atoms with Crippen LogP contribution in [0.1, 0.15) is 29.3 Å². The Balaban J connectivity index is 2.42. The molecule has 0 aliphatic rings. The van der Waals surface area contributed by atoms with Crippen molar-refractivity contribution in [3.63, 3.8) is 0 Å². The summed E-state index contributed by atoms with van der Waals surface area (Å²) in [5, 5.41) is 0. The van der Waals surface area contributed by atoms with E-state index in [9.17, 15) is 4.79 Å². The first kappa shape index (κ1) is 20.1. The fourth-order valence-electron chi connectivity index (χ4n) is 3.23. The predicted octanol–water partition coefficient (Wildman–Crippen LogP) is 3.57. The average Bonchev–Trinajstić information content (AvgIpc) is 2.64. The van der Waals surface area contributed by atoms with Crippen molar-refractivity contribution in [1.29, 1.82) is 0 Å². The number of methoxy groups -OCH3 is 2. The Hall–Kier alpha value is -2.21. The molecule has 0 bridgehead atoms. The number of ether oxygens (including phenoxy) is 2. The molecule has 26 heavy (non-hydrogen) atoms. The molecule has 0 fully saturated rings. The van der Waals surface area contributed by atoms with Gasteiger partial charge in [-0.05, 0) is 55.0 Å². The zero-order chi connectivity index (χ0) is 19.4. The Morgan fingerprint density at radius 3 is 2.00 bits per heavy atom. The number of Topliss-reactive ketones (excluding diaryl/α,β-unsaturated/α-hetero) is 1. The van der Waals surface area contributed by atoms with E-state index < -0.39 is 5.79 Å². The van der Waals surface area contributed by atoms with Gasteiger partial charge in [-0.2, -0.15) is 0 Å². The number of quaternary nitrogens is 1. The van der Waals surface area contributed by atoms with Gasteiger partial charge in [-0.3, -0.25) is 9.28 Å². The number of nitrogens with two attached hydrogens (primary N) is 1. The topological polar surface area (TPSA) is 61.5 Å². The van der Waals surface area contributed by atoms with Crippen LogP contribution >= 0.6 is 0 Å². The molecule has 140 valence electrons. The maximum atomic E-state index is 13.1. The van der Waals surface area contributed by atoms with Gasteiger partial charge in [-0.25, -0.2) is 0 Å². The van der Waals surface area contributed by atoms with E-state index in [-0.39, 0.29) is 5.78 Å². The first-order chi connectivity index (χ1) is 12.3. The van der Waals surface area contributed by atoms with Gasteiger partial charge in [0.25, 0.3) is 5.79 Å². The number of hydrogen-bond acceptors (Lipinski definition) is 4. The van der Waals surface area contributed by atoms with Gasteiger partial charge in [-0.1, -0.05) is 6.92 Å². The summed E-state index contributed by atoms with van der Waals surface area (Å²) < 4.78 is 11.9. The van der Waals surface area contributed by atoms with E-state index in [0.717, 1.165) is 23.1 Å². The number of hydrogen-bond donors (Lipinski definition) is 1. The van der Waals surface area contributed by atoms with Crippen LogP contribution in [0.2, 0.25) is 0 Å². The molecule has 2 aromatic carbocycles. The number of anilines is 1. The van der Waals surface area contributed by atoms with E-state index in [1.165, 1.54) is 14.2 Å². The van der Waals surface area contributed by atoms with Crippen molar-refractivity contribution in [2.75, 3.05) is 40.6 Å². The summed E-state index contributed by atoms with van der Waals surface area (Å²) in [6, 6.07) is 14.6. The SMILES string of the molecule is CCC[N+](C)(C)c1ccc(C(OC)(OC)C(=O)c2ccc(N)cc2)cc1. The van der Waals surface area contributed by atoms with Crippen LogP contribution in [0.5, 0.6) is 0 Å². The minimum Gasteiger partial charge on any atom is -0.399 e. The molecular formula is C21H29N2O3+. The molecule has 2 aromatic rings.